The summed E-state index contributed by atoms with van der Waals surface area (Å²) >= 11 is 5.38. The maximum atomic E-state index is 6.06. The normalized spacial score (nSPS) is 10.9. The molecule has 3 aromatic rings. The van der Waals surface area contributed by atoms with Crippen LogP contribution in [0.25, 0.3) is 11.0 Å². The highest BCUT2D eigenvalue weighted by Gasteiger charge is 2.15. The van der Waals surface area contributed by atoms with Gasteiger partial charge in [-0.2, -0.15) is 0 Å². The molecule has 0 radical (unpaired) electrons. The minimum atomic E-state index is 0.453. The van der Waals surface area contributed by atoms with Crippen LogP contribution in [-0.2, 0) is 17.9 Å². The standard InChI is InChI=1S/C22H30N6O2S/c1-4-30-14-18-27-19-20(15(2)13-25-21(19)23)28(18)12-6-5-11-24-22(31)26-16-7-9-17(29-3)10-8-16/h7-10,13H,4-6,11-12,14H2,1-3H3,(H2,23,25)(H2,24,26,31). The molecule has 4 N–H and O–H groups in total. The molecule has 0 aliphatic heterocycles. The third-order valence-electron chi connectivity index (χ3n) is 4.94. The van der Waals surface area contributed by atoms with Crippen molar-refractivity contribution in [1.82, 2.24) is 19.9 Å². The van der Waals surface area contributed by atoms with Crippen LogP contribution >= 0.6 is 12.2 Å². The fourth-order valence-corrected chi connectivity index (χ4v) is 3.58. The fourth-order valence-electron chi connectivity index (χ4n) is 3.36. The van der Waals surface area contributed by atoms with Gasteiger partial charge in [-0.05, 0) is 68.7 Å². The van der Waals surface area contributed by atoms with E-state index >= 15 is 0 Å². The van der Waals surface area contributed by atoms with Crippen LogP contribution < -0.4 is 21.1 Å². The number of anilines is 2. The van der Waals surface area contributed by atoms with E-state index in [9.17, 15) is 0 Å². The van der Waals surface area contributed by atoms with Crippen molar-refractivity contribution >= 4 is 39.9 Å². The summed E-state index contributed by atoms with van der Waals surface area (Å²) in [6, 6.07) is 7.65. The van der Waals surface area contributed by atoms with Gasteiger partial charge in [0, 0.05) is 31.6 Å². The Labute approximate surface area is 188 Å². The largest absolute Gasteiger partial charge is 0.497 e. The van der Waals surface area contributed by atoms with Gasteiger partial charge in [-0.3, -0.25) is 0 Å². The third kappa shape index (κ3) is 5.83. The predicted octanol–water partition coefficient (Wildman–Crippen LogP) is 3.63. The van der Waals surface area contributed by atoms with E-state index in [1.54, 1.807) is 13.3 Å². The van der Waals surface area contributed by atoms with Gasteiger partial charge in [0.15, 0.2) is 10.9 Å². The van der Waals surface area contributed by atoms with E-state index in [0.717, 1.165) is 59.8 Å². The van der Waals surface area contributed by atoms with Crippen molar-refractivity contribution in [3.63, 3.8) is 0 Å². The molecule has 0 aliphatic rings. The summed E-state index contributed by atoms with van der Waals surface area (Å²) in [5.41, 5.74) is 9.82. The Morgan fingerprint density at radius 3 is 2.71 bits per heavy atom. The van der Waals surface area contributed by atoms with Crippen LogP contribution in [0.15, 0.2) is 30.5 Å². The molecule has 0 aliphatic carbocycles. The molecule has 0 saturated carbocycles. The quantitative estimate of drug-likeness (QED) is 0.323. The number of aromatic nitrogens is 3. The van der Waals surface area contributed by atoms with Crippen molar-refractivity contribution in [3.05, 3.63) is 41.9 Å². The van der Waals surface area contributed by atoms with Gasteiger partial charge in [0.2, 0.25) is 0 Å². The van der Waals surface area contributed by atoms with Crippen LogP contribution in [0.4, 0.5) is 11.5 Å². The number of nitrogens with one attached hydrogen (secondary N) is 2. The summed E-state index contributed by atoms with van der Waals surface area (Å²) in [6.07, 6.45) is 3.72. The number of thiocarbonyl (C=S) groups is 1. The van der Waals surface area contributed by atoms with Crippen molar-refractivity contribution in [3.8, 4) is 5.75 Å². The minimum absolute atomic E-state index is 0.453. The van der Waals surface area contributed by atoms with Crippen molar-refractivity contribution < 1.29 is 9.47 Å². The van der Waals surface area contributed by atoms with E-state index in [2.05, 4.69) is 20.2 Å². The molecular weight excluding hydrogens is 412 g/mol. The second-order valence-electron chi connectivity index (χ2n) is 7.16. The molecule has 0 spiro atoms. The SMILES string of the molecule is CCOCc1nc2c(N)ncc(C)c2n1CCCCNC(=S)Nc1ccc(OC)cc1. The van der Waals surface area contributed by atoms with Crippen LogP contribution in [0.5, 0.6) is 5.75 Å². The number of aryl methyl sites for hydroxylation is 2. The maximum Gasteiger partial charge on any atom is 0.170 e. The van der Waals surface area contributed by atoms with E-state index in [1.807, 2.05) is 38.1 Å². The van der Waals surface area contributed by atoms with Crippen molar-refractivity contribution in [1.29, 1.82) is 0 Å². The summed E-state index contributed by atoms with van der Waals surface area (Å²) < 4.78 is 13.0. The second kappa shape index (κ2) is 10.9. The minimum Gasteiger partial charge on any atom is -0.497 e. The number of methoxy groups -OCH3 is 1. The second-order valence-corrected chi connectivity index (χ2v) is 7.57. The molecule has 9 heteroatoms. The lowest BCUT2D eigenvalue weighted by Gasteiger charge is -2.13. The predicted molar refractivity (Wildman–Crippen MR) is 128 cm³/mol. The molecule has 0 saturated heterocycles. The van der Waals surface area contributed by atoms with Crippen molar-refractivity contribution in [2.45, 2.75) is 39.8 Å². The van der Waals surface area contributed by atoms with E-state index in [-0.39, 0.29) is 0 Å². The van der Waals surface area contributed by atoms with Gasteiger partial charge in [-0.25, -0.2) is 9.97 Å². The lowest BCUT2D eigenvalue weighted by Crippen LogP contribution is -2.29. The number of nitrogen functional groups attached to an aromatic ring is 1. The molecule has 0 fully saturated rings. The first-order valence-corrected chi connectivity index (χ1v) is 10.8. The zero-order valence-corrected chi connectivity index (χ0v) is 19.1. The van der Waals surface area contributed by atoms with E-state index in [4.69, 9.17) is 32.4 Å². The van der Waals surface area contributed by atoms with E-state index in [1.165, 1.54) is 0 Å². The molecule has 8 nitrogen and oxygen atoms in total. The highest BCUT2D eigenvalue weighted by atomic mass is 32.1. The average molecular weight is 443 g/mol. The Hall–Kier alpha value is -2.91. The van der Waals surface area contributed by atoms with Gasteiger partial charge in [-0.15, -0.1) is 0 Å². The number of nitrogens with zero attached hydrogens (tertiary/aromatic N) is 3. The lowest BCUT2D eigenvalue weighted by atomic mass is 10.2. The number of rotatable bonds is 10. The number of hydrogen-bond acceptors (Lipinski definition) is 6. The number of ether oxygens (including phenoxy) is 2. The summed E-state index contributed by atoms with van der Waals surface area (Å²) in [7, 11) is 1.65. The monoisotopic (exact) mass is 442 g/mol. The molecule has 0 unspecified atom stereocenters. The van der Waals surface area contributed by atoms with Crippen molar-refractivity contribution in [2.24, 2.45) is 0 Å². The molecule has 1 aromatic carbocycles. The Balaban J connectivity index is 1.53. The average Bonchev–Trinajstić information content (AvgIpc) is 3.15. The summed E-state index contributed by atoms with van der Waals surface area (Å²) in [4.78, 5) is 8.93. The number of benzene rings is 1. The molecule has 2 heterocycles. The van der Waals surface area contributed by atoms with Crippen LogP contribution in [0.2, 0.25) is 0 Å². The summed E-state index contributed by atoms with van der Waals surface area (Å²) in [5.74, 6) is 2.14. The molecular formula is C22H30N6O2S. The number of fused-ring (bicyclic) bond motifs is 1. The van der Waals surface area contributed by atoms with Crippen LogP contribution in [0.3, 0.4) is 0 Å². The van der Waals surface area contributed by atoms with Gasteiger partial charge >= 0.3 is 0 Å². The van der Waals surface area contributed by atoms with E-state index in [0.29, 0.717) is 24.1 Å². The smallest absolute Gasteiger partial charge is 0.170 e. The number of nitrogens with two attached hydrogens (primary N) is 1. The summed E-state index contributed by atoms with van der Waals surface area (Å²) in [5, 5.41) is 7.04. The molecule has 31 heavy (non-hydrogen) atoms. The Morgan fingerprint density at radius 1 is 1.23 bits per heavy atom. The molecule has 0 bridgehead atoms. The highest BCUT2D eigenvalue weighted by Crippen LogP contribution is 2.24. The Kier molecular flexibility index (Phi) is 8.02. The topological polar surface area (TPSA) is 99.3 Å². The van der Waals surface area contributed by atoms with Crippen LogP contribution in [0.1, 0.15) is 31.2 Å². The molecule has 2 aromatic heterocycles. The van der Waals surface area contributed by atoms with Crippen molar-refractivity contribution in [2.75, 3.05) is 31.3 Å². The molecule has 3 rings (SSSR count). The summed E-state index contributed by atoms with van der Waals surface area (Å²) in [6.45, 7) is 6.70. The first-order chi connectivity index (χ1) is 15.0. The zero-order valence-electron chi connectivity index (χ0n) is 18.3. The number of pyridine rings is 1. The van der Waals surface area contributed by atoms with Gasteiger partial charge in [0.25, 0.3) is 0 Å². The maximum absolute atomic E-state index is 6.06. The molecule has 0 amide bonds. The zero-order chi connectivity index (χ0) is 22.2. The van der Waals surface area contributed by atoms with Crippen LogP contribution in [-0.4, -0.2) is 39.9 Å². The van der Waals surface area contributed by atoms with Gasteiger partial charge < -0.3 is 30.4 Å². The first kappa shape index (κ1) is 22.8. The highest BCUT2D eigenvalue weighted by molar-refractivity contribution is 7.80. The van der Waals surface area contributed by atoms with Gasteiger partial charge in [-0.1, -0.05) is 0 Å². The van der Waals surface area contributed by atoms with Gasteiger partial charge in [0.1, 0.15) is 23.7 Å². The number of hydrogen-bond donors (Lipinski definition) is 3. The van der Waals surface area contributed by atoms with Crippen LogP contribution in [0, 0.1) is 6.92 Å². The number of unbranched alkanes of at least 4 members (excludes halogenated alkanes) is 1. The van der Waals surface area contributed by atoms with Gasteiger partial charge in [0.05, 0.1) is 12.6 Å². The third-order valence-corrected chi connectivity index (χ3v) is 5.18. The van der Waals surface area contributed by atoms with E-state index < -0.39 is 0 Å². The lowest BCUT2D eigenvalue weighted by molar-refractivity contribution is 0.126. The number of imidazole rings is 1. The Bertz CT molecular complexity index is 1020. The molecule has 166 valence electrons. The first-order valence-electron chi connectivity index (χ1n) is 10.4. The Morgan fingerprint density at radius 2 is 2.00 bits per heavy atom. The molecule has 0 atom stereocenters. The fraction of sp³-hybridized carbons (Fsp3) is 0.409.